The number of para-hydroxylation sites is 1. The van der Waals surface area contributed by atoms with Crippen LogP contribution in [0.2, 0.25) is 0 Å². The molecule has 0 radical (unpaired) electrons. The van der Waals surface area contributed by atoms with E-state index in [1.165, 1.54) is 0 Å². The maximum absolute atomic E-state index is 5.64. The molecule has 1 aromatic carbocycles. The van der Waals surface area contributed by atoms with Crippen molar-refractivity contribution in [2.45, 2.75) is 12.3 Å². The zero-order chi connectivity index (χ0) is 14.7. The van der Waals surface area contributed by atoms with E-state index in [2.05, 4.69) is 31.0 Å². The topological polar surface area (TPSA) is 52.8 Å². The lowest BCUT2D eigenvalue weighted by Crippen LogP contribution is -1.97. The summed E-state index contributed by atoms with van der Waals surface area (Å²) in [7, 11) is 0. The van der Waals surface area contributed by atoms with E-state index in [1.807, 2.05) is 43.3 Å². The second-order valence-corrected chi connectivity index (χ2v) is 5.07. The Bertz CT molecular complexity index is 742. The number of alkyl halides is 1. The molecule has 0 unspecified atom stereocenters. The van der Waals surface area contributed by atoms with Crippen molar-refractivity contribution in [3.05, 3.63) is 60.0 Å². The molecule has 0 fully saturated rings. The molecule has 0 N–H and O–H groups in total. The van der Waals surface area contributed by atoms with E-state index in [9.17, 15) is 0 Å². The molecule has 2 heterocycles. The van der Waals surface area contributed by atoms with Crippen LogP contribution < -0.4 is 4.74 Å². The van der Waals surface area contributed by atoms with Gasteiger partial charge in [-0.3, -0.25) is 0 Å². The number of aromatic nitrogens is 4. The first-order valence-corrected chi connectivity index (χ1v) is 7.55. The Morgan fingerprint density at radius 1 is 1.19 bits per heavy atom. The van der Waals surface area contributed by atoms with Crippen molar-refractivity contribution in [3.63, 3.8) is 0 Å². The van der Waals surface area contributed by atoms with Crippen LogP contribution in [-0.2, 0) is 5.33 Å². The van der Waals surface area contributed by atoms with Gasteiger partial charge in [-0.15, -0.1) is 5.10 Å². The fourth-order valence-corrected chi connectivity index (χ4v) is 2.19. The normalized spacial score (nSPS) is 10.6. The second kappa shape index (κ2) is 6.05. The molecule has 0 atom stereocenters. The molecule has 0 amide bonds. The Balaban J connectivity index is 1.82. The highest BCUT2D eigenvalue weighted by molar-refractivity contribution is 9.08. The lowest BCUT2D eigenvalue weighted by atomic mass is 10.2. The zero-order valence-electron chi connectivity index (χ0n) is 11.4. The summed E-state index contributed by atoms with van der Waals surface area (Å²) in [5.41, 5.74) is 2.98. The zero-order valence-corrected chi connectivity index (χ0v) is 13.0. The van der Waals surface area contributed by atoms with Gasteiger partial charge in [-0.2, -0.15) is 4.98 Å². The molecule has 6 heteroatoms. The fourth-order valence-electron chi connectivity index (χ4n) is 1.89. The van der Waals surface area contributed by atoms with Crippen molar-refractivity contribution < 1.29 is 4.74 Å². The van der Waals surface area contributed by atoms with Crippen LogP contribution in [-0.4, -0.2) is 19.7 Å². The first-order valence-electron chi connectivity index (χ1n) is 6.42. The number of ether oxygens (including phenoxy) is 1. The van der Waals surface area contributed by atoms with E-state index in [-0.39, 0.29) is 6.01 Å². The fraction of sp³-hybridized carbons (Fsp3) is 0.133. The van der Waals surface area contributed by atoms with Crippen molar-refractivity contribution in [2.24, 2.45) is 0 Å². The average Bonchev–Trinajstić information content (AvgIpc) is 2.99. The number of hydrogen-bond acceptors (Lipinski definition) is 4. The molecule has 3 aromatic rings. The summed E-state index contributed by atoms with van der Waals surface area (Å²) in [5.74, 6) is 0.519. The van der Waals surface area contributed by atoms with Gasteiger partial charge < -0.3 is 4.74 Å². The lowest BCUT2D eigenvalue weighted by Gasteiger charge is -2.05. The molecule has 21 heavy (non-hydrogen) atoms. The van der Waals surface area contributed by atoms with Gasteiger partial charge in [0, 0.05) is 17.1 Å². The Hall–Kier alpha value is -2.21. The number of benzene rings is 1. The molecule has 0 bridgehead atoms. The molecule has 0 saturated heterocycles. The number of halogens is 1. The van der Waals surface area contributed by atoms with Crippen LogP contribution in [0.25, 0.3) is 5.69 Å². The number of hydrogen-bond donors (Lipinski definition) is 0. The number of nitrogens with zero attached hydrogens (tertiary/aromatic N) is 4. The maximum Gasteiger partial charge on any atom is 0.342 e. The van der Waals surface area contributed by atoms with Crippen LogP contribution in [0.15, 0.2) is 48.9 Å². The average molecular weight is 345 g/mol. The molecule has 2 aromatic heterocycles. The summed E-state index contributed by atoms with van der Waals surface area (Å²) in [4.78, 5) is 8.44. The largest absolute Gasteiger partial charge is 0.404 e. The minimum atomic E-state index is 0.279. The minimum absolute atomic E-state index is 0.279. The van der Waals surface area contributed by atoms with Crippen molar-refractivity contribution >= 4 is 15.9 Å². The van der Waals surface area contributed by atoms with Crippen molar-refractivity contribution in [2.75, 3.05) is 0 Å². The van der Waals surface area contributed by atoms with Gasteiger partial charge in [-0.1, -0.05) is 34.1 Å². The smallest absolute Gasteiger partial charge is 0.342 e. The highest BCUT2D eigenvalue weighted by atomic mass is 79.9. The number of aryl methyl sites for hydroxylation is 1. The van der Waals surface area contributed by atoms with E-state index in [0.717, 1.165) is 22.1 Å². The Morgan fingerprint density at radius 3 is 2.71 bits per heavy atom. The van der Waals surface area contributed by atoms with E-state index in [1.54, 1.807) is 17.2 Å². The summed E-state index contributed by atoms with van der Waals surface area (Å²) in [6.07, 6.45) is 3.39. The van der Waals surface area contributed by atoms with Crippen molar-refractivity contribution in [1.29, 1.82) is 0 Å². The molecule has 0 spiro atoms. The van der Waals surface area contributed by atoms with Crippen LogP contribution in [0.3, 0.4) is 0 Å². The molecular weight excluding hydrogens is 332 g/mol. The number of rotatable bonds is 4. The van der Waals surface area contributed by atoms with E-state index in [0.29, 0.717) is 5.88 Å². The number of pyridine rings is 1. The summed E-state index contributed by atoms with van der Waals surface area (Å²) in [5, 5.41) is 5.06. The van der Waals surface area contributed by atoms with E-state index >= 15 is 0 Å². The van der Waals surface area contributed by atoms with E-state index in [4.69, 9.17) is 4.74 Å². The standard InChI is InChI=1S/C15H13BrN4O/c1-11-7-12(8-16)9-17-14(11)21-15-18-10-20(19-15)13-5-3-2-4-6-13/h2-7,9-10H,8H2,1H3. The summed E-state index contributed by atoms with van der Waals surface area (Å²) < 4.78 is 7.31. The lowest BCUT2D eigenvalue weighted by molar-refractivity contribution is 0.421. The molecule has 5 nitrogen and oxygen atoms in total. The predicted molar refractivity (Wildman–Crippen MR) is 83.0 cm³/mol. The first kappa shape index (κ1) is 13.8. The maximum atomic E-state index is 5.64. The monoisotopic (exact) mass is 344 g/mol. The molecule has 106 valence electrons. The van der Waals surface area contributed by atoms with Crippen LogP contribution >= 0.6 is 15.9 Å². The molecule has 0 aliphatic carbocycles. The third kappa shape index (κ3) is 3.11. The molecule has 0 aliphatic heterocycles. The van der Waals surface area contributed by atoms with Gasteiger partial charge in [0.15, 0.2) is 0 Å². The van der Waals surface area contributed by atoms with E-state index < -0.39 is 0 Å². The van der Waals surface area contributed by atoms with Crippen LogP contribution in [0.5, 0.6) is 11.9 Å². The van der Waals surface area contributed by atoms with Crippen molar-refractivity contribution in [3.8, 4) is 17.6 Å². The summed E-state index contributed by atoms with van der Waals surface area (Å²) in [6.45, 7) is 1.95. The first-order chi connectivity index (χ1) is 10.3. The Morgan fingerprint density at radius 2 is 2.00 bits per heavy atom. The van der Waals surface area contributed by atoms with Crippen LogP contribution in [0.1, 0.15) is 11.1 Å². The third-order valence-corrected chi connectivity index (χ3v) is 3.57. The van der Waals surface area contributed by atoms with Crippen molar-refractivity contribution in [1.82, 2.24) is 19.7 Å². The quantitative estimate of drug-likeness (QED) is 0.677. The minimum Gasteiger partial charge on any atom is -0.404 e. The summed E-state index contributed by atoms with van der Waals surface area (Å²) >= 11 is 3.40. The van der Waals surface area contributed by atoms with Gasteiger partial charge in [0.05, 0.1) is 5.69 Å². The third-order valence-electron chi connectivity index (χ3n) is 2.92. The highest BCUT2D eigenvalue weighted by Crippen LogP contribution is 2.21. The van der Waals surface area contributed by atoms with Gasteiger partial charge >= 0.3 is 6.01 Å². The van der Waals surface area contributed by atoms with Crippen LogP contribution in [0.4, 0.5) is 0 Å². The molecule has 0 saturated carbocycles. The van der Waals surface area contributed by atoms with Crippen LogP contribution in [0, 0.1) is 6.92 Å². The highest BCUT2D eigenvalue weighted by Gasteiger charge is 2.08. The van der Waals surface area contributed by atoms with Gasteiger partial charge in [0.1, 0.15) is 6.33 Å². The molecule has 0 aliphatic rings. The van der Waals surface area contributed by atoms with Gasteiger partial charge in [0.2, 0.25) is 5.88 Å². The Kier molecular flexibility index (Phi) is 3.96. The second-order valence-electron chi connectivity index (χ2n) is 4.51. The Labute approximate surface area is 130 Å². The SMILES string of the molecule is Cc1cc(CBr)cnc1Oc1ncn(-c2ccccc2)n1. The molecular formula is C15H13BrN4O. The molecule has 3 rings (SSSR count). The van der Waals surface area contributed by atoms with Gasteiger partial charge in [-0.25, -0.2) is 9.67 Å². The predicted octanol–water partition coefficient (Wildman–Crippen LogP) is 3.66. The summed E-state index contributed by atoms with van der Waals surface area (Å²) in [6, 6.07) is 12.0. The van der Waals surface area contributed by atoms with Gasteiger partial charge in [-0.05, 0) is 30.7 Å². The van der Waals surface area contributed by atoms with Gasteiger partial charge in [0.25, 0.3) is 0 Å².